The highest BCUT2D eigenvalue weighted by atomic mass is 32.2. The Hall–Kier alpha value is -1.58. The van der Waals surface area contributed by atoms with Crippen LogP contribution in [0.2, 0.25) is 0 Å². The molecule has 0 radical (unpaired) electrons. The van der Waals surface area contributed by atoms with Gasteiger partial charge in [0, 0.05) is 17.7 Å². The van der Waals surface area contributed by atoms with Crippen molar-refractivity contribution in [1.82, 2.24) is 0 Å². The lowest BCUT2D eigenvalue weighted by Gasteiger charge is -2.11. The number of benzene rings is 1. The number of aliphatic carboxylic acids is 1. The zero-order valence-corrected chi connectivity index (χ0v) is 17.6. The van der Waals surface area contributed by atoms with Crippen LogP contribution in [-0.2, 0) is 19.7 Å². The van der Waals surface area contributed by atoms with Gasteiger partial charge in [-0.15, -0.1) is 11.8 Å². The van der Waals surface area contributed by atoms with E-state index in [2.05, 4.69) is 5.32 Å². The van der Waals surface area contributed by atoms with E-state index in [-0.39, 0.29) is 18.1 Å². The molecule has 0 heterocycles. The molecule has 0 aliphatic heterocycles. The number of thioether (sulfide) groups is 1. The normalized spacial score (nSPS) is 11.3. The standard InChI is InChI=1S/C19H29NO6S2/c21-18(12-4-2-1-3-5-13-19(22)23)20-16-10-6-7-11-17(16)27-14-8-9-15-28(24,25)26/h6-7,10-11H,1-5,8-9,12-15H2,(H,20,21)(H,22,23)(H,24,25,26). The maximum atomic E-state index is 12.1. The molecule has 7 nitrogen and oxygen atoms in total. The number of unbranched alkanes of at least 4 members (excludes halogenated alkanes) is 5. The Bertz CT molecular complexity index is 721. The van der Waals surface area contributed by atoms with Crippen molar-refractivity contribution in [2.45, 2.75) is 62.7 Å². The van der Waals surface area contributed by atoms with Crippen LogP contribution in [0.3, 0.4) is 0 Å². The first-order valence-electron chi connectivity index (χ1n) is 9.46. The van der Waals surface area contributed by atoms with Crippen molar-refractivity contribution in [3.05, 3.63) is 24.3 Å². The third-order valence-corrected chi connectivity index (χ3v) is 5.97. The molecule has 1 aromatic carbocycles. The van der Waals surface area contributed by atoms with Gasteiger partial charge in [-0.05, 0) is 43.6 Å². The molecule has 1 aromatic rings. The van der Waals surface area contributed by atoms with Crippen molar-refractivity contribution in [1.29, 1.82) is 0 Å². The van der Waals surface area contributed by atoms with E-state index in [0.717, 1.165) is 36.3 Å². The fourth-order valence-electron chi connectivity index (χ4n) is 2.57. The summed E-state index contributed by atoms with van der Waals surface area (Å²) in [5.41, 5.74) is 0.744. The van der Waals surface area contributed by atoms with Gasteiger partial charge in [0.05, 0.1) is 11.4 Å². The van der Waals surface area contributed by atoms with Gasteiger partial charge in [0.1, 0.15) is 0 Å². The second kappa shape index (κ2) is 13.6. The maximum Gasteiger partial charge on any atom is 0.303 e. The van der Waals surface area contributed by atoms with Gasteiger partial charge in [0.2, 0.25) is 5.91 Å². The highest BCUT2D eigenvalue weighted by Crippen LogP contribution is 2.28. The minimum atomic E-state index is -3.91. The average Bonchev–Trinajstić information content (AvgIpc) is 2.60. The predicted molar refractivity (Wildman–Crippen MR) is 111 cm³/mol. The Labute approximate surface area is 171 Å². The van der Waals surface area contributed by atoms with E-state index in [1.165, 1.54) is 0 Å². The molecule has 0 saturated heterocycles. The topological polar surface area (TPSA) is 121 Å². The molecule has 1 rings (SSSR count). The Kier molecular flexibility index (Phi) is 11.9. The Balaban J connectivity index is 2.27. The van der Waals surface area contributed by atoms with Crippen LogP contribution in [0.15, 0.2) is 29.2 Å². The highest BCUT2D eigenvalue weighted by molar-refractivity contribution is 7.99. The first-order chi connectivity index (χ1) is 13.3. The molecule has 0 aliphatic carbocycles. The number of carbonyl (C=O) groups is 2. The summed E-state index contributed by atoms with van der Waals surface area (Å²) in [6.07, 6.45) is 5.80. The van der Waals surface area contributed by atoms with Gasteiger partial charge in [0.25, 0.3) is 10.1 Å². The summed E-state index contributed by atoms with van der Waals surface area (Å²) in [4.78, 5) is 23.5. The maximum absolute atomic E-state index is 12.1. The van der Waals surface area contributed by atoms with Gasteiger partial charge in [-0.3, -0.25) is 14.1 Å². The quantitative estimate of drug-likeness (QED) is 0.216. The number of carbonyl (C=O) groups excluding carboxylic acids is 1. The Morgan fingerprint density at radius 2 is 1.57 bits per heavy atom. The third-order valence-electron chi connectivity index (χ3n) is 4.01. The number of hydrogen-bond acceptors (Lipinski definition) is 5. The molecular weight excluding hydrogens is 402 g/mol. The first kappa shape index (κ1) is 24.5. The van der Waals surface area contributed by atoms with Crippen LogP contribution in [-0.4, -0.2) is 41.5 Å². The van der Waals surface area contributed by atoms with Crippen LogP contribution in [0.5, 0.6) is 0 Å². The van der Waals surface area contributed by atoms with Crippen LogP contribution in [0.25, 0.3) is 0 Å². The smallest absolute Gasteiger partial charge is 0.303 e. The molecule has 0 fully saturated rings. The average molecular weight is 432 g/mol. The first-order valence-corrected chi connectivity index (χ1v) is 12.1. The molecule has 0 aromatic heterocycles. The molecule has 158 valence electrons. The summed E-state index contributed by atoms with van der Waals surface area (Å²) in [7, 11) is -3.91. The van der Waals surface area contributed by atoms with Crippen LogP contribution in [0.1, 0.15) is 57.8 Å². The predicted octanol–water partition coefficient (Wildman–Crippen LogP) is 4.20. The van der Waals surface area contributed by atoms with Gasteiger partial charge >= 0.3 is 5.97 Å². The van der Waals surface area contributed by atoms with Gasteiger partial charge in [-0.25, -0.2) is 0 Å². The summed E-state index contributed by atoms with van der Waals surface area (Å²) in [5.74, 6) is -0.361. The van der Waals surface area contributed by atoms with Gasteiger partial charge in [-0.1, -0.05) is 31.4 Å². The molecule has 9 heteroatoms. The SMILES string of the molecule is O=C(O)CCCCCCCC(=O)Nc1ccccc1SCCCCS(=O)(=O)O. The minimum Gasteiger partial charge on any atom is -0.481 e. The van der Waals surface area contributed by atoms with Gasteiger partial charge in [0.15, 0.2) is 0 Å². The van der Waals surface area contributed by atoms with E-state index < -0.39 is 16.1 Å². The van der Waals surface area contributed by atoms with Crippen molar-refractivity contribution in [2.75, 3.05) is 16.8 Å². The fraction of sp³-hybridized carbons (Fsp3) is 0.579. The number of rotatable bonds is 15. The zero-order valence-electron chi connectivity index (χ0n) is 15.9. The number of hydrogen-bond donors (Lipinski definition) is 3. The number of para-hydroxylation sites is 1. The molecule has 0 atom stereocenters. The summed E-state index contributed by atoms with van der Waals surface area (Å²) >= 11 is 1.54. The van der Waals surface area contributed by atoms with E-state index in [4.69, 9.17) is 9.66 Å². The van der Waals surface area contributed by atoms with Crippen LogP contribution < -0.4 is 5.32 Å². The number of nitrogens with one attached hydrogen (secondary N) is 1. The lowest BCUT2D eigenvalue weighted by atomic mass is 10.1. The Morgan fingerprint density at radius 3 is 2.25 bits per heavy atom. The molecule has 3 N–H and O–H groups in total. The van der Waals surface area contributed by atoms with Crippen molar-refractivity contribution in [3.8, 4) is 0 Å². The molecule has 0 unspecified atom stereocenters. The highest BCUT2D eigenvalue weighted by Gasteiger charge is 2.08. The number of amides is 1. The van der Waals surface area contributed by atoms with E-state index in [9.17, 15) is 18.0 Å². The number of carboxylic acid groups (broad SMARTS) is 1. The number of anilines is 1. The monoisotopic (exact) mass is 431 g/mol. The molecule has 28 heavy (non-hydrogen) atoms. The summed E-state index contributed by atoms with van der Waals surface area (Å²) in [5, 5.41) is 11.5. The van der Waals surface area contributed by atoms with Gasteiger partial charge in [-0.2, -0.15) is 8.42 Å². The number of carboxylic acids is 1. The lowest BCUT2D eigenvalue weighted by Crippen LogP contribution is -2.11. The zero-order chi connectivity index (χ0) is 20.8. The van der Waals surface area contributed by atoms with Gasteiger partial charge < -0.3 is 10.4 Å². The Morgan fingerprint density at radius 1 is 0.929 bits per heavy atom. The minimum absolute atomic E-state index is 0.0510. The lowest BCUT2D eigenvalue weighted by molar-refractivity contribution is -0.137. The van der Waals surface area contributed by atoms with Crippen LogP contribution in [0.4, 0.5) is 5.69 Å². The summed E-state index contributed by atoms with van der Waals surface area (Å²) in [6, 6.07) is 7.48. The van der Waals surface area contributed by atoms with Crippen LogP contribution >= 0.6 is 11.8 Å². The van der Waals surface area contributed by atoms with E-state index in [1.807, 2.05) is 24.3 Å². The second-order valence-electron chi connectivity index (χ2n) is 6.55. The molecule has 1 amide bonds. The van der Waals surface area contributed by atoms with Crippen molar-refractivity contribution >= 4 is 39.4 Å². The third kappa shape index (κ3) is 12.7. The van der Waals surface area contributed by atoms with E-state index in [1.54, 1.807) is 11.8 Å². The van der Waals surface area contributed by atoms with Crippen molar-refractivity contribution in [2.24, 2.45) is 0 Å². The molecule has 0 bridgehead atoms. The second-order valence-corrected chi connectivity index (χ2v) is 9.26. The van der Waals surface area contributed by atoms with E-state index in [0.29, 0.717) is 31.4 Å². The fourth-order valence-corrected chi connectivity index (χ4v) is 4.16. The summed E-state index contributed by atoms with van der Waals surface area (Å²) in [6.45, 7) is 0. The molecule has 0 aliphatic rings. The molecule has 0 saturated carbocycles. The van der Waals surface area contributed by atoms with Crippen LogP contribution in [0, 0.1) is 0 Å². The van der Waals surface area contributed by atoms with Crippen molar-refractivity contribution < 1.29 is 27.7 Å². The largest absolute Gasteiger partial charge is 0.481 e. The molecular formula is C19H29NO6S2. The molecule has 0 spiro atoms. The van der Waals surface area contributed by atoms with Crippen molar-refractivity contribution in [3.63, 3.8) is 0 Å². The summed E-state index contributed by atoms with van der Waals surface area (Å²) < 4.78 is 30.1. The van der Waals surface area contributed by atoms with E-state index >= 15 is 0 Å².